The molecule has 0 radical (unpaired) electrons. The SMILES string of the molecule is CCC1(C)C=Cc2cnc(=O)oc2C=C1. The summed E-state index contributed by atoms with van der Waals surface area (Å²) in [5.74, 6) is 0.0373. The molecule has 3 heteroatoms. The molecule has 0 N–H and O–H groups in total. The van der Waals surface area contributed by atoms with Crippen LogP contribution >= 0.6 is 0 Å². The molecular formula is C12H13NO2. The van der Waals surface area contributed by atoms with Crippen molar-refractivity contribution in [2.24, 2.45) is 5.41 Å². The van der Waals surface area contributed by atoms with Gasteiger partial charge in [0.1, 0.15) is 5.76 Å². The van der Waals surface area contributed by atoms with Crippen molar-refractivity contribution in [3.63, 3.8) is 0 Å². The van der Waals surface area contributed by atoms with Crippen LogP contribution in [0.2, 0.25) is 0 Å². The molecule has 0 saturated heterocycles. The fourth-order valence-corrected chi connectivity index (χ4v) is 1.46. The summed E-state index contributed by atoms with van der Waals surface area (Å²) < 4.78 is 5.01. The molecule has 0 bridgehead atoms. The van der Waals surface area contributed by atoms with Crippen molar-refractivity contribution in [3.8, 4) is 0 Å². The summed E-state index contributed by atoms with van der Waals surface area (Å²) >= 11 is 0. The van der Waals surface area contributed by atoms with Crippen molar-refractivity contribution in [2.45, 2.75) is 20.3 Å². The Morgan fingerprint density at radius 1 is 1.40 bits per heavy atom. The second-order valence-corrected chi connectivity index (χ2v) is 3.97. The first-order valence-corrected chi connectivity index (χ1v) is 5.01. The lowest BCUT2D eigenvalue weighted by atomic mass is 9.87. The third kappa shape index (κ3) is 1.91. The van der Waals surface area contributed by atoms with Crippen LogP contribution < -0.4 is 5.76 Å². The van der Waals surface area contributed by atoms with E-state index in [1.165, 1.54) is 0 Å². The van der Waals surface area contributed by atoms with Gasteiger partial charge in [-0.1, -0.05) is 32.1 Å². The van der Waals surface area contributed by atoms with Crippen molar-refractivity contribution >= 4 is 12.2 Å². The van der Waals surface area contributed by atoms with Crippen LogP contribution in [0.3, 0.4) is 0 Å². The molecule has 2 rings (SSSR count). The zero-order valence-corrected chi connectivity index (χ0v) is 8.86. The van der Waals surface area contributed by atoms with Crippen molar-refractivity contribution in [1.29, 1.82) is 0 Å². The number of nitrogens with zero attached hydrogens (tertiary/aromatic N) is 1. The number of aromatic nitrogens is 1. The maximum atomic E-state index is 10.9. The van der Waals surface area contributed by atoms with Crippen molar-refractivity contribution in [2.75, 3.05) is 0 Å². The third-order valence-corrected chi connectivity index (χ3v) is 2.81. The summed E-state index contributed by atoms with van der Waals surface area (Å²) in [6, 6.07) is 0. The highest BCUT2D eigenvalue weighted by atomic mass is 16.4. The van der Waals surface area contributed by atoms with E-state index in [1.807, 2.05) is 12.2 Å². The molecule has 3 nitrogen and oxygen atoms in total. The van der Waals surface area contributed by atoms with E-state index in [0.717, 1.165) is 12.0 Å². The fourth-order valence-electron chi connectivity index (χ4n) is 1.46. The number of allylic oxidation sites excluding steroid dienone is 2. The first-order chi connectivity index (χ1) is 7.13. The van der Waals surface area contributed by atoms with E-state index >= 15 is 0 Å². The van der Waals surface area contributed by atoms with Gasteiger partial charge in [0.25, 0.3) is 0 Å². The van der Waals surface area contributed by atoms with Crippen LogP contribution in [0.1, 0.15) is 31.6 Å². The highest BCUT2D eigenvalue weighted by Gasteiger charge is 2.17. The predicted molar refractivity (Wildman–Crippen MR) is 59.2 cm³/mol. The van der Waals surface area contributed by atoms with Gasteiger partial charge in [-0.25, -0.2) is 4.79 Å². The molecule has 1 atom stereocenters. The van der Waals surface area contributed by atoms with Crippen LogP contribution in [0, 0.1) is 5.41 Å². The summed E-state index contributed by atoms with van der Waals surface area (Å²) in [5, 5.41) is 0. The highest BCUT2D eigenvalue weighted by molar-refractivity contribution is 5.64. The zero-order valence-electron chi connectivity index (χ0n) is 8.86. The van der Waals surface area contributed by atoms with Gasteiger partial charge in [0.15, 0.2) is 0 Å². The van der Waals surface area contributed by atoms with E-state index in [9.17, 15) is 4.79 Å². The van der Waals surface area contributed by atoms with Gasteiger partial charge in [-0.05, 0) is 12.5 Å². The van der Waals surface area contributed by atoms with Crippen molar-refractivity contribution in [1.82, 2.24) is 4.98 Å². The average Bonchev–Trinajstić information content (AvgIpc) is 2.40. The molecule has 1 aliphatic rings. The van der Waals surface area contributed by atoms with Crippen LogP contribution in [0.15, 0.2) is 27.6 Å². The first-order valence-electron chi connectivity index (χ1n) is 5.01. The normalized spacial score (nSPS) is 23.6. The molecular weight excluding hydrogens is 190 g/mol. The van der Waals surface area contributed by atoms with Gasteiger partial charge in [0.2, 0.25) is 0 Å². The maximum absolute atomic E-state index is 10.9. The minimum Gasteiger partial charge on any atom is -0.408 e. The largest absolute Gasteiger partial charge is 0.439 e. The molecule has 1 aromatic heterocycles. The molecule has 0 fully saturated rings. The number of fused-ring (bicyclic) bond motifs is 1. The molecule has 0 saturated carbocycles. The van der Waals surface area contributed by atoms with Gasteiger partial charge in [0, 0.05) is 17.2 Å². The van der Waals surface area contributed by atoms with Crippen molar-refractivity contribution < 1.29 is 4.42 Å². The smallest absolute Gasteiger partial charge is 0.408 e. The van der Waals surface area contributed by atoms with Gasteiger partial charge in [-0.3, -0.25) is 0 Å². The van der Waals surface area contributed by atoms with Gasteiger partial charge in [0.05, 0.1) is 0 Å². The van der Waals surface area contributed by atoms with E-state index in [2.05, 4.69) is 31.0 Å². The Morgan fingerprint density at radius 3 is 2.87 bits per heavy atom. The molecule has 0 aromatic carbocycles. The summed E-state index contributed by atoms with van der Waals surface area (Å²) in [5.41, 5.74) is 0.875. The quantitative estimate of drug-likeness (QED) is 0.704. The number of rotatable bonds is 1. The Balaban J connectivity index is 2.53. The van der Waals surface area contributed by atoms with Gasteiger partial charge in [-0.15, -0.1) is 0 Å². The molecule has 1 heterocycles. The molecule has 1 aromatic rings. The van der Waals surface area contributed by atoms with Crippen LogP contribution in [0.4, 0.5) is 0 Å². The Morgan fingerprint density at radius 2 is 2.13 bits per heavy atom. The van der Waals surface area contributed by atoms with Crippen LogP contribution in [0.5, 0.6) is 0 Å². The van der Waals surface area contributed by atoms with Crippen LogP contribution in [-0.4, -0.2) is 4.98 Å². The van der Waals surface area contributed by atoms with Crippen molar-refractivity contribution in [3.05, 3.63) is 40.2 Å². The Bertz CT molecular complexity index is 485. The molecule has 1 aliphatic carbocycles. The highest BCUT2D eigenvalue weighted by Crippen LogP contribution is 2.30. The summed E-state index contributed by atoms with van der Waals surface area (Å²) in [6.07, 6.45) is 10.5. The molecule has 78 valence electrons. The minimum absolute atomic E-state index is 0.0254. The second kappa shape index (κ2) is 3.50. The minimum atomic E-state index is -0.549. The third-order valence-electron chi connectivity index (χ3n) is 2.81. The van der Waals surface area contributed by atoms with E-state index < -0.39 is 5.76 Å². The summed E-state index contributed by atoms with van der Waals surface area (Å²) in [4.78, 5) is 14.5. The van der Waals surface area contributed by atoms with E-state index in [0.29, 0.717) is 5.76 Å². The lowest BCUT2D eigenvalue weighted by Crippen LogP contribution is -2.05. The standard InChI is InChI=1S/C12H13NO2/c1-3-12(2)6-4-9-8-13-11(14)15-10(9)5-7-12/h4-8H,3H2,1-2H3. The lowest BCUT2D eigenvalue weighted by Gasteiger charge is -2.17. The molecule has 15 heavy (non-hydrogen) atoms. The molecule has 0 aliphatic heterocycles. The Labute approximate surface area is 88.2 Å². The first kappa shape index (κ1) is 9.90. The zero-order chi connectivity index (χ0) is 10.9. The predicted octanol–water partition coefficient (Wildman–Crippen LogP) is 2.49. The van der Waals surface area contributed by atoms with E-state index in [1.54, 1.807) is 6.20 Å². The van der Waals surface area contributed by atoms with E-state index in [-0.39, 0.29) is 5.41 Å². The van der Waals surface area contributed by atoms with Gasteiger partial charge < -0.3 is 4.42 Å². The number of hydrogen-bond donors (Lipinski definition) is 0. The monoisotopic (exact) mass is 203 g/mol. The lowest BCUT2D eigenvalue weighted by molar-refractivity contribution is 0.472. The topological polar surface area (TPSA) is 43.1 Å². The van der Waals surface area contributed by atoms with Crippen LogP contribution in [0.25, 0.3) is 12.2 Å². The summed E-state index contributed by atoms with van der Waals surface area (Å²) in [7, 11) is 0. The van der Waals surface area contributed by atoms with Gasteiger partial charge >= 0.3 is 5.76 Å². The Kier molecular flexibility index (Phi) is 2.31. The van der Waals surface area contributed by atoms with E-state index in [4.69, 9.17) is 4.42 Å². The molecule has 0 spiro atoms. The van der Waals surface area contributed by atoms with Gasteiger partial charge in [-0.2, -0.15) is 4.98 Å². The maximum Gasteiger partial charge on any atom is 0.439 e. The molecule has 1 unspecified atom stereocenters. The second-order valence-electron chi connectivity index (χ2n) is 3.97. The molecule has 0 amide bonds. The fraction of sp³-hybridized carbons (Fsp3) is 0.333. The average molecular weight is 203 g/mol. The van der Waals surface area contributed by atoms with Crippen LogP contribution in [-0.2, 0) is 0 Å². The number of hydrogen-bond acceptors (Lipinski definition) is 3. The summed E-state index contributed by atoms with van der Waals surface area (Å²) in [6.45, 7) is 4.26. The Hall–Kier alpha value is -1.64.